The van der Waals surface area contributed by atoms with Crippen LogP contribution >= 0.6 is 24.8 Å². The first-order valence-corrected chi connectivity index (χ1v) is 11.2. The van der Waals surface area contributed by atoms with Crippen molar-refractivity contribution in [3.8, 4) is 17.0 Å². The summed E-state index contributed by atoms with van der Waals surface area (Å²) in [6.45, 7) is 4.25. The molecular weight excluding hydrogens is 471 g/mol. The zero-order valence-electron chi connectivity index (χ0n) is 19.3. The summed E-state index contributed by atoms with van der Waals surface area (Å²) in [7, 11) is 2.17. The maximum Gasteiger partial charge on any atom is 0.213 e. The van der Waals surface area contributed by atoms with Crippen LogP contribution in [-0.4, -0.2) is 53.8 Å². The van der Waals surface area contributed by atoms with Gasteiger partial charge in [-0.2, -0.15) is 5.10 Å². The van der Waals surface area contributed by atoms with Crippen LogP contribution < -0.4 is 4.74 Å². The van der Waals surface area contributed by atoms with Gasteiger partial charge in [0, 0.05) is 22.6 Å². The van der Waals surface area contributed by atoms with Crippen LogP contribution in [0.2, 0.25) is 0 Å². The number of hydrogen-bond acceptors (Lipinski definition) is 5. The van der Waals surface area contributed by atoms with Crippen molar-refractivity contribution in [2.24, 2.45) is 0 Å². The molecule has 34 heavy (non-hydrogen) atoms. The number of H-pyrrole nitrogens is 1. The fraction of sp³-hybridized carbons (Fsp3) is 0.308. The first-order valence-electron chi connectivity index (χ1n) is 11.2. The molecule has 1 atom stereocenters. The van der Waals surface area contributed by atoms with E-state index in [0.717, 1.165) is 57.4 Å². The number of likely N-dealkylation sites (N-methyl/N-ethyl adjacent to an activating group) is 1. The molecule has 0 aliphatic carbocycles. The molecule has 8 heteroatoms. The average molecular weight is 501 g/mol. The summed E-state index contributed by atoms with van der Waals surface area (Å²) in [6.07, 6.45) is 2.46. The molecule has 5 rings (SSSR count). The Hall–Kier alpha value is -2.80. The van der Waals surface area contributed by atoms with Gasteiger partial charge in [-0.05, 0) is 80.5 Å². The summed E-state index contributed by atoms with van der Waals surface area (Å²) in [4.78, 5) is 2.38. The molecule has 1 aliphatic heterocycles. The molecule has 2 N–H and O–H groups in total. The molecular formula is C26H30Cl2N4O2. The van der Waals surface area contributed by atoms with E-state index in [1.807, 2.05) is 31.2 Å². The van der Waals surface area contributed by atoms with Crippen LogP contribution in [0.15, 0.2) is 54.6 Å². The number of aromatic amines is 1. The molecule has 3 aromatic carbocycles. The minimum Gasteiger partial charge on any atom is -0.492 e. The molecule has 0 saturated carbocycles. The van der Waals surface area contributed by atoms with Crippen LogP contribution in [0.4, 0.5) is 0 Å². The average Bonchev–Trinajstić information content (AvgIpc) is 3.42. The summed E-state index contributed by atoms with van der Waals surface area (Å²) in [5, 5.41) is 19.0. The van der Waals surface area contributed by atoms with Crippen LogP contribution in [-0.2, 0) is 4.74 Å². The maximum absolute atomic E-state index is 8.09. The second-order valence-electron chi connectivity index (χ2n) is 8.41. The van der Waals surface area contributed by atoms with E-state index in [1.54, 1.807) is 0 Å². The molecule has 2 heterocycles. The summed E-state index contributed by atoms with van der Waals surface area (Å²) < 4.78 is 11.5. The van der Waals surface area contributed by atoms with Crippen LogP contribution in [0.1, 0.15) is 25.3 Å². The van der Waals surface area contributed by atoms with Gasteiger partial charge >= 0.3 is 0 Å². The smallest absolute Gasteiger partial charge is 0.213 e. The number of ether oxygens (including phenoxy) is 2. The van der Waals surface area contributed by atoms with E-state index in [0.29, 0.717) is 12.6 Å². The fourth-order valence-corrected chi connectivity index (χ4v) is 4.45. The van der Waals surface area contributed by atoms with Gasteiger partial charge in [-0.25, -0.2) is 0 Å². The van der Waals surface area contributed by atoms with Gasteiger partial charge < -0.3 is 14.4 Å². The summed E-state index contributed by atoms with van der Waals surface area (Å²) in [5.74, 6) is 1.09. The number of nitrogens with zero attached hydrogens (tertiary/aromatic N) is 2. The van der Waals surface area contributed by atoms with Crippen LogP contribution in [0.3, 0.4) is 0 Å². The van der Waals surface area contributed by atoms with Crippen molar-refractivity contribution in [2.45, 2.75) is 25.8 Å². The molecule has 6 nitrogen and oxygen atoms in total. The predicted molar refractivity (Wildman–Crippen MR) is 143 cm³/mol. The zero-order valence-corrected chi connectivity index (χ0v) is 21.0. The van der Waals surface area contributed by atoms with Gasteiger partial charge in [0.25, 0.3) is 0 Å². The van der Waals surface area contributed by atoms with E-state index >= 15 is 0 Å². The molecule has 1 aliphatic rings. The molecule has 1 fully saturated rings. The third-order valence-electron chi connectivity index (χ3n) is 6.31. The Morgan fingerprint density at radius 3 is 2.65 bits per heavy atom. The summed E-state index contributed by atoms with van der Waals surface area (Å²) in [6, 6.07) is 18.9. The van der Waals surface area contributed by atoms with E-state index in [4.69, 9.17) is 14.9 Å². The summed E-state index contributed by atoms with van der Waals surface area (Å²) in [5.41, 5.74) is 3.59. The van der Waals surface area contributed by atoms with Gasteiger partial charge in [0.2, 0.25) is 5.90 Å². The van der Waals surface area contributed by atoms with Gasteiger partial charge in [0.1, 0.15) is 12.4 Å². The number of aromatic nitrogens is 2. The van der Waals surface area contributed by atoms with Gasteiger partial charge in [-0.3, -0.25) is 10.5 Å². The number of rotatable bonds is 6. The normalized spacial score (nSPS) is 15.6. The van der Waals surface area contributed by atoms with E-state index in [-0.39, 0.29) is 30.7 Å². The standard InChI is InChI=1S/C26H28N4O2.2ClH/c1-3-31-26(27)20-9-11-24-23(15-20)25(29-28-24)19-7-6-18-14-22(10-8-17(18)13-19)32-16-21-5-4-12-30(21)2;;/h6-11,13-15,21,27H,3-5,12,16H2,1-2H3,(H,28,29);2*1H/t21-;;/m0../s1. The van der Waals surface area contributed by atoms with Crippen molar-refractivity contribution < 1.29 is 9.47 Å². The Bertz CT molecular complexity index is 1290. The van der Waals surface area contributed by atoms with Crippen molar-refractivity contribution in [3.05, 3.63) is 60.2 Å². The molecule has 1 saturated heterocycles. The maximum atomic E-state index is 8.09. The fourth-order valence-electron chi connectivity index (χ4n) is 4.45. The number of fused-ring (bicyclic) bond motifs is 2. The van der Waals surface area contributed by atoms with Crippen molar-refractivity contribution in [2.75, 3.05) is 26.8 Å². The molecule has 0 amide bonds. The van der Waals surface area contributed by atoms with Crippen LogP contribution in [0.5, 0.6) is 5.75 Å². The van der Waals surface area contributed by atoms with Crippen molar-refractivity contribution in [1.82, 2.24) is 15.1 Å². The largest absolute Gasteiger partial charge is 0.492 e. The molecule has 0 radical (unpaired) electrons. The third kappa shape index (κ3) is 5.14. The highest BCUT2D eigenvalue weighted by atomic mass is 35.5. The van der Waals surface area contributed by atoms with Crippen molar-refractivity contribution in [3.63, 3.8) is 0 Å². The zero-order chi connectivity index (χ0) is 22.1. The topological polar surface area (TPSA) is 74.2 Å². The van der Waals surface area contributed by atoms with E-state index < -0.39 is 0 Å². The molecule has 0 bridgehead atoms. The second kappa shape index (κ2) is 11.1. The Labute approximate surface area is 212 Å². The number of nitrogens with one attached hydrogen (secondary N) is 2. The van der Waals surface area contributed by atoms with Gasteiger partial charge in [0.05, 0.1) is 17.8 Å². The van der Waals surface area contributed by atoms with Gasteiger partial charge in [-0.1, -0.05) is 18.2 Å². The highest BCUT2D eigenvalue weighted by Crippen LogP contribution is 2.31. The molecule has 4 aromatic rings. The SMILES string of the molecule is CCOC(=N)c1ccc2[nH]nc(-c3ccc4cc(OC[C@@H]5CCCN5C)ccc4c3)c2c1.Cl.Cl. The molecule has 180 valence electrons. The van der Waals surface area contributed by atoms with Crippen molar-refractivity contribution in [1.29, 1.82) is 5.41 Å². The second-order valence-corrected chi connectivity index (χ2v) is 8.41. The Morgan fingerprint density at radius 1 is 1.09 bits per heavy atom. The van der Waals surface area contributed by atoms with E-state index in [2.05, 4.69) is 52.5 Å². The van der Waals surface area contributed by atoms with Crippen molar-refractivity contribution >= 4 is 52.4 Å². The van der Waals surface area contributed by atoms with Gasteiger partial charge in [0.15, 0.2) is 0 Å². The number of halogens is 2. The predicted octanol–water partition coefficient (Wildman–Crippen LogP) is 6.06. The molecule has 0 unspecified atom stereocenters. The summed E-state index contributed by atoms with van der Waals surface area (Å²) >= 11 is 0. The van der Waals surface area contributed by atoms with Crippen LogP contribution in [0, 0.1) is 5.41 Å². The number of likely N-dealkylation sites (tertiary alicyclic amines) is 1. The first-order chi connectivity index (χ1) is 15.6. The number of hydrogen-bond donors (Lipinski definition) is 2. The number of benzene rings is 3. The van der Waals surface area contributed by atoms with Gasteiger partial charge in [-0.15, -0.1) is 24.8 Å². The lowest BCUT2D eigenvalue weighted by atomic mass is 10.0. The first kappa shape index (κ1) is 25.8. The lowest BCUT2D eigenvalue weighted by Crippen LogP contribution is -2.30. The minimum atomic E-state index is 0. The Balaban J connectivity index is 0.00000162. The lowest BCUT2D eigenvalue weighted by molar-refractivity contribution is 0.198. The van der Waals surface area contributed by atoms with E-state index in [1.165, 1.54) is 12.8 Å². The van der Waals surface area contributed by atoms with E-state index in [9.17, 15) is 0 Å². The third-order valence-corrected chi connectivity index (χ3v) is 6.31. The molecule has 0 spiro atoms. The van der Waals surface area contributed by atoms with Crippen LogP contribution in [0.25, 0.3) is 32.9 Å². The monoisotopic (exact) mass is 500 g/mol. The molecule has 1 aromatic heterocycles. The highest BCUT2D eigenvalue weighted by Gasteiger charge is 2.21. The minimum absolute atomic E-state index is 0. The highest BCUT2D eigenvalue weighted by molar-refractivity contribution is 6.01. The lowest BCUT2D eigenvalue weighted by Gasteiger charge is -2.19. The Kier molecular flexibility index (Phi) is 8.42. The quantitative estimate of drug-likeness (QED) is 0.249. The Morgan fingerprint density at radius 2 is 1.88 bits per heavy atom.